The molecule has 4 rings (SSSR count). The lowest BCUT2D eigenvalue weighted by molar-refractivity contribution is -0.123. The van der Waals surface area contributed by atoms with E-state index in [1.54, 1.807) is 27.7 Å². The SMILES string of the molecule is Cc1cnc2c(=O)[nH]c(CCCC(=O)C3CCCCC(C(=O)c4cnn(C)c4)CC3)cn12. The molecule has 170 valence electrons. The first-order valence-electron chi connectivity index (χ1n) is 11.5. The topological polar surface area (TPSA) is 102 Å². The van der Waals surface area contributed by atoms with Crippen LogP contribution >= 0.6 is 0 Å². The molecule has 8 heteroatoms. The van der Waals surface area contributed by atoms with Gasteiger partial charge in [0.2, 0.25) is 5.65 Å². The standard InChI is InChI=1S/C24H31N5O3/c1-16-12-25-23-24(32)27-20(15-29(16)23)8-5-9-21(30)17-6-3-4-7-18(11-10-17)22(31)19-13-26-28(2)14-19/h12-15,17-18H,3-11H2,1-2H3,(H,27,32). The zero-order valence-electron chi connectivity index (χ0n) is 18.8. The third kappa shape index (κ3) is 4.89. The lowest BCUT2D eigenvalue weighted by Gasteiger charge is -2.23. The van der Waals surface area contributed by atoms with Crippen LogP contribution in [0, 0.1) is 18.8 Å². The van der Waals surface area contributed by atoms with Gasteiger partial charge in [0.1, 0.15) is 5.78 Å². The quantitative estimate of drug-likeness (QED) is 0.571. The number of H-pyrrole nitrogens is 1. The van der Waals surface area contributed by atoms with Crippen LogP contribution in [-0.4, -0.2) is 35.7 Å². The highest BCUT2D eigenvalue weighted by Gasteiger charge is 2.27. The van der Waals surface area contributed by atoms with Crippen molar-refractivity contribution in [1.82, 2.24) is 24.1 Å². The number of nitrogens with zero attached hydrogens (tertiary/aromatic N) is 4. The molecule has 3 aromatic rings. The molecule has 0 amide bonds. The molecule has 0 aromatic carbocycles. The predicted molar refractivity (Wildman–Crippen MR) is 121 cm³/mol. The summed E-state index contributed by atoms with van der Waals surface area (Å²) in [6.45, 7) is 1.91. The van der Waals surface area contributed by atoms with Crippen LogP contribution in [0.25, 0.3) is 5.65 Å². The van der Waals surface area contributed by atoms with Gasteiger partial charge in [-0.3, -0.25) is 23.5 Å². The molecule has 8 nitrogen and oxygen atoms in total. The third-order valence-electron chi connectivity index (χ3n) is 6.65. The summed E-state index contributed by atoms with van der Waals surface area (Å²) in [7, 11) is 1.81. The number of imidazole rings is 1. The maximum Gasteiger partial charge on any atom is 0.291 e. The minimum atomic E-state index is -0.203. The van der Waals surface area contributed by atoms with Crippen molar-refractivity contribution in [2.75, 3.05) is 0 Å². The second-order valence-corrected chi connectivity index (χ2v) is 9.04. The number of aromatic amines is 1. The fourth-order valence-corrected chi connectivity index (χ4v) is 4.79. The zero-order valence-corrected chi connectivity index (χ0v) is 18.8. The Morgan fingerprint density at radius 3 is 2.59 bits per heavy atom. The van der Waals surface area contributed by atoms with Crippen LogP contribution in [0.3, 0.4) is 0 Å². The van der Waals surface area contributed by atoms with Crippen molar-refractivity contribution >= 4 is 17.2 Å². The van der Waals surface area contributed by atoms with Gasteiger partial charge < -0.3 is 4.98 Å². The van der Waals surface area contributed by atoms with E-state index in [0.717, 1.165) is 49.9 Å². The van der Waals surface area contributed by atoms with Crippen LogP contribution in [0.5, 0.6) is 0 Å². The molecule has 0 spiro atoms. The molecule has 1 N–H and O–H groups in total. The average molecular weight is 438 g/mol. The fourth-order valence-electron chi connectivity index (χ4n) is 4.79. The summed E-state index contributed by atoms with van der Waals surface area (Å²) in [5, 5.41) is 4.11. The number of aromatic nitrogens is 5. The Labute approximate surface area is 187 Å². The molecule has 32 heavy (non-hydrogen) atoms. The van der Waals surface area contributed by atoms with E-state index in [9.17, 15) is 14.4 Å². The number of carbonyl (C=O) groups excluding carboxylic acids is 2. The second-order valence-electron chi connectivity index (χ2n) is 9.04. The van der Waals surface area contributed by atoms with E-state index in [2.05, 4.69) is 15.1 Å². The summed E-state index contributed by atoms with van der Waals surface area (Å²) < 4.78 is 3.45. The van der Waals surface area contributed by atoms with Gasteiger partial charge in [-0.25, -0.2) is 4.98 Å². The minimum Gasteiger partial charge on any atom is -0.322 e. The molecule has 3 aromatic heterocycles. The summed E-state index contributed by atoms with van der Waals surface area (Å²) in [6, 6.07) is 0. The first kappa shape index (κ1) is 22.2. The van der Waals surface area contributed by atoms with Crippen molar-refractivity contribution in [2.24, 2.45) is 18.9 Å². The van der Waals surface area contributed by atoms with Crippen LogP contribution in [0.15, 0.2) is 29.6 Å². The Balaban J connectivity index is 1.31. The Morgan fingerprint density at radius 1 is 1.09 bits per heavy atom. The second kappa shape index (κ2) is 9.63. The van der Waals surface area contributed by atoms with Gasteiger partial charge in [0.05, 0.1) is 11.8 Å². The van der Waals surface area contributed by atoms with Crippen molar-refractivity contribution in [3.63, 3.8) is 0 Å². The normalized spacial score (nSPS) is 19.6. The fraction of sp³-hybridized carbons (Fsp3) is 0.542. The molecule has 1 saturated carbocycles. The summed E-state index contributed by atoms with van der Waals surface area (Å²) in [5.74, 6) is 0.434. The number of fused-ring (bicyclic) bond motifs is 1. The highest BCUT2D eigenvalue weighted by molar-refractivity contribution is 5.97. The van der Waals surface area contributed by atoms with Crippen LogP contribution in [-0.2, 0) is 18.3 Å². The number of carbonyl (C=O) groups is 2. The number of nitrogens with one attached hydrogen (secondary N) is 1. The molecular formula is C24H31N5O3. The van der Waals surface area contributed by atoms with E-state index in [1.165, 1.54) is 0 Å². The molecule has 1 fully saturated rings. The Kier molecular flexibility index (Phi) is 6.67. The maximum atomic E-state index is 12.9. The van der Waals surface area contributed by atoms with Gasteiger partial charge in [-0.15, -0.1) is 0 Å². The summed E-state index contributed by atoms with van der Waals surface area (Å²) >= 11 is 0. The molecular weight excluding hydrogens is 406 g/mol. The number of ketones is 2. The van der Waals surface area contributed by atoms with E-state index >= 15 is 0 Å². The van der Waals surface area contributed by atoms with Crippen molar-refractivity contribution in [2.45, 2.75) is 64.7 Å². The van der Waals surface area contributed by atoms with E-state index in [-0.39, 0.29) is 29.0 Å². The Hall–Kier alpha value is -3.03. The average Bonchev–Trinajstić information content (AvgIpc) is 3.34. The summed E-state index contributed by atoms with van der Waals surface area (Å²) in [4.78, 5) is 44.9. The molecule has 3 heterocycles. The van der Waals surface area contributed by atoms with Crippen LogP contribution in [0.1, 0.15) is 73.1 Å². The van der Waals surface area contributed by atoms with Gasteiger partial charge in [-0.2, -0.15) is 5.10 Å². The molecule has 0 bridgehead atoms. The number of Topliss-reactive ketones (excluding diaryl/α,β-unsaturated/α-hetero) is 2. The van der Waals surface area contributed by atoms with E-state index < -0.39 is 0 Å². The van der Waals surface area contributed by atoms with Crippen molar-refractivity contribution < 1.29 is 9.59 Å². The molecule has 1 aliphatic carbocycles. The zero-order chi connectivity index (χ0) is 22.7. The van der Waals surface area contributed by atoms with Crippen molar-refractivity contribution in [3.8, 4) is 0 Å². The van der Waals surface area contributed by atoms with Crippen LogP contribution < -0.4 is 5.56 Å². The first-order valence-corrected chi connectivity index (χ1v) is 11.5. The van der Waals surface area contributed by atoms with Crippen LogP contribution in [0.2, 0.25) is 0 Å². The number of rotatable bonds is 7. The Bertz CT molecular complexity index is 1170. The maximum absolute atomic E-state index is 12.9. The van der Waals surface area contributed by atoms with Gasteiger partial charge in [-0.05, 0) is 45.4 Å². The number of hydrogen-bond donors (Lipinski definition) is 1. The van der Waals surface area contributed by atoms with Gasteiger partial charge in [0, 0.05) is 55.3 Å². The largest absolute Gasteiger partial charge is 0.322 e. The molecule has 0 radical (unpaired) electrons. The lowest BCUT2D eigenvalue weighted by Crippen LogP contribution is -2.22. The minimum absolute atomic E-state index is 0.0231. The first-order chi connectivity index (χ1) is 15.4. The molecule has 0 aliphatic heterocycles. The molecule has 1 aliphatic rings. The van der Waals surface area contributed by atoms with Gasteiger partial charge >= 0.3 is 0 Å². The van der Waals surface area contributed by atoms with Gasteiger partial charge in [0.25, 0.3) is 5.56 Å². The van der Waals surface area contributed by atoms with E-state index in [4.69, 9.17) is 0 Å². The Morgan fingerprint density at radius 2 is 1.84 bits per heavy atom. The number of hydrogen-bond acceptors (Lipinski definition) is 5. The molecule has 0 saturated heterocycles. The molecule has 2 unspecified atom stereocenters. The number of aryl methyl sites for hydroxylation is 3. The summed E-state index contributed by atoms with van der Waals surface area (Å²) in [5.41, 5.74) is 2.59. The van der Waals surface area contributed by atoms with E-state index in [1.807, 2.05) is 20.2 Å². The third-order valence-corrected chi connectivity index (χ3v) is 6.65. The molecule has 2 atom stereocenters. The predicted octanol–water partition coefficient (Wildman–Crippen LogP) is 3.43. The monoisotopic (exact) mass is 437 g/mol. The van der Waals surface area contributed by atoms with Gasteiger partial charge in [-0.1, -0.05) is 12.8 Å². The van der Waals surface area contributed by atoms with E-state index in [0.29, 0.717) is 30.5 Å². The van der Waals surface area contributed by atoms with Crippen molar-refractivity contribution in [1.29, 1.82) is 0 Å². The smallest absolute Gasteiger partial charge is 0.291 e. The highest BCUT2D eigenvalue weighted by Crippen LogP contribution is 2.30. The summed E-state index contributed by atoms with van der Waals surface area (Å²) in [6.07, 6.45) is 14.1. The highest BCUT2D eigenvalue weighted by atomic mass is 16.1. The van der Waals surface area contributed by atoms with Gasteiger partial charge in [0.15, 0.2) is 5.78 Å². The van der Waals surface area contributed by atoms with Crippen LogP contribution in [0.4, 0.5) is 0 Å². The lowest BCUT2D eigenvalue weighted by atomic mass is 9.80. The van der Waals surface area contributed by atoms with Crippen molar-refractivity contribution in [3.05, 3.63) is 52.1 Å².